The van der Waals surface area contributed by atoms with E-state index in [0.29, 0.717) is 30.7 Å². The molecule has 0 radical (unpaired) electrons. The Labute approximate surface area is 146 Å². The monoisotopic (exact) mass is 339 g/mol. The molecular formula is C20H21NO4. The van der Waals surface area contributed by atoms with Crippen LogP contribution < -0.4 is 9.64 Å². The van der Waals surface area contributed by atoms with Gasteiger partial charge in [0.1, 0.15) is 12.4 Å². The Morgan fingerprint density at radius 3 is 2.68 bits per heavy atom. The molecule has 0 aliphatic carbocycles. The van der Waals surface area contributed by atoms with E-state index in [-0.39, 0.29) is 11.6 Å². The van der Waals surface area contributed by atoms with Crippen LogP contribution in [0, 0.1) is 0 Å². The SMILES string of the molecule is CN1CC(C(=O)CCc2ccccc2)Oc2cc(C(=O)CO)ccc21. The molecule has 2 aromatic rings. The lowest BCUT2D eigenvalue weighted by atomic mass is 10.0. The minimum Gasteiger partial charge on any atom is -0.479 e. The number of aliphatic hydroxyl groups excluding tert-OH is 1. The summed E-state index contributed by atoms with van der Waals surface area (Å²) in [4.78, 5) is 26.2. The summed E-state index contributed by atoms with van der Waals surface area (Å²) in [6, 6.07) is 14.9. The maximum atomic E-state index is 12.5. The number of hydrogen-bond donors (Lipinski definition) is 1. The number of anilines is 1. The summed E-state index contributed by atoms with van der Waals surface area (Å²) in [5, 5.41) is 9.01. The number of fused-ring (bicyclic) bond motifs is 1. The van der Waals surface area contributed by atoms with Crippen molar-refractivity contribution in [3.05, 3.63) is 59.7 Å². The molecule has 130 valence electrons. The van der Waals surface area contributed by atoms with Crippen LogP contribution in [0.15, 0.2) is 48.5 Å². The highest BCUT2D eigenvalue weighted by Crippen LogP contribution is 2.34. The predicted octanol–water partition coefficient (Wildman–Crippen LogP) is 2.26. The molecule has 5 heteroatoms. The first-order valence-corrected chi connectivity index (χ1v) is 8.31. The van der Waals surface area contributed by atoms with Crippen LogP contribution in [-0.4, -0.2) is 43.0 Å². The molecule has 0 saturated carbocycles. The van der Waals surface area contributed by atoms with Crippen LogP contribution in [0.1, 0.15) is 22.3 Å². The molecule has 0 saturated heterocycles. The number of likely N-dealkylation sites (N-methyl/N-ethyl adjacent to an activating group) is 1. The van der Waals surface area contributed by atoms with Gasteiger partial charge in [0.25, 0.3) is 0 Å². The third-order valence-corrected chi connectivity index (χ3v) is 4.41. The average Bonchev–Trinajstić information content (AvgIpc) is 2.65. The Morgan fingerprint density at radius 2 is 1.96 bits per heavy atom. The van der Waals surface area contributed by atoms with Gasteiger partial charge in [-0.25, -0.2) is 0 Å². The van der Waals surface area contributed by atoms with Crippen molar-refractivity contribution in [2.45, 2.75) is 18.9 Å². The third kappa shape index (κ3) is 3.88. The maximum absolute atomic E-state index is 12.5. The smallest absolute Gasteiger partial charge is 0.188 e. The molecule has 0 fully saturated rings. The molecule has 1 aliphatic rings. The van der Waals surface area contributed by atoms with Gasteiger partial charge in [0, 0.05) is 19.0 Å². The molecule has 0 aromatic heterocycles. The highest BCUT2D eigenvalue weighted by molar-refractivity contribution is 5.98. The zero-order valence-electron chi connectivity index (χ0n) is 14.1. The van der Waals surface area contributed by atoms with E-state index < -0.39 is 12.7 Å². The maximum Gasteiger partial charge on any atom is 0.188 e. The van der Waals surface area contributed by atoms with E-state index in [1.807, 2.05) is 42.3 Å². The van der Waals surface area contributed by atoms with Crippen molar-refractivity contribution in [1.29, 1.82) is 0 Å². The van der Waals surface area contributed by atoms with Crippen LogP contribution in [0.3, 0.4) is 0 Å². The number of carbonyl (C=O) groups excluding carboxylic acids is 2. The van der Waals surface area contributed by atoms with Gasteiger partial charge in [0.2, 0.25) is 0 Å². The summed E-state index contributed by atoms with van der Waals surface area (Å²) in [5.74, 6) is 0.179. The minimum absolute atomic E-state index is 0.0419. The highest BCUT2D eigenvalue weighted by Gasteiger charge is 2.29. The lowest BCUT2D eigenvalue weighted by Crippen LogP contribution is -2.42. The number of ether oxygens (including phenoxy) is 1. The highest BCUT2D eigenvalue weighted by atomic mass is 16.5. The molecular weight excluding hydrogens is 318 g/mol. The van der Waals surface area contributed by atoms with Gasteiger partial charge in [-0.05, 0) is 30.2 Å². The van der Waals surface area contributed by atoms with Gasteiger partial charge < -0.3 is 14.7 Å². The normalized spacial score (nSPS) is 16.1. The van der Waals surface area contributed by atoms with E-state index in [0.717, 1.165) is 11.3 Å². The summed E-state index contributed by atoms with van der Waals surface area (Å²) in [5.41, 5.74) is 2.34. The van der Waals surface area contributed by atoms with Gasteiger partial charge >= 0.3 is 0 Å². The summed E-state index contributed by atoms with van der Waals surface area (Å²) in [6.45, 7) is -0.0675. The number of Topliss-reactive ketones (excluding diaryl/α,β-unsaturated/α-hetero) is 2. The number of carbonyl (C=O) groups is 2. The number of rotatable bonds is 6. The Balaban J connectivity index is 1.71. The van der Waals surface area contributed by atoms with E-state index in [4.69, 9.17) is 9.84 Å². The van der Waals surface area contributed by atoms with Crippen molar-refractivity contribution >= 4 is 17.3 Å². The molecule has 1 heterocycles. The van der Waals surface area contributed by atoms with Gasteiger partial charge in [0.15, 0.2) is 17.7 Å². The molecule has 5 nitrogen and oxygen atoms in total. The Hall–Kier alpha value is -2.66. The molecule has 1 atom stereocenters. The minimum atomic E-state index is -0.555. The van der Waals surface area contributed by atoms with E-state index in [1.54, 1.807) is 18.2 Å². The lowest BCUT2D eigenvalue weighted by Gasteiger charge is -2.33. The lowest BCUT2D eigenvalue weighted by molar-refractivity contribution is -0.125. The van der Waals surface area contributed by atoms with Crippen LogP contribution in [0.25, 0.3) is 0 Å². The first-order valence-electron chi connectivity index (χ1n) is 8.31. The Bertz CT molecular complexity index is 773. The second kappa shape index (κ2) is 7.49. The third-order valence-electron chi connectivity index (χ3n) is 4.41. The fraction of sp³-hybridized carbons (Fsp3) is 0.300. The molecule has 1 aliphatic heterocycles. The molecule has 1 unspecified atom stereocenters. The predicted molar refractivity (Wildman–Crippen MR) is 95.3 cm³/mol. The van der Waals surface area contributed by atoms with Crippen molar-refractivity contribution in [3.63, 3.8) is 0 Å². The number of hydrogen-bond acceptors (Lipinski definition) is 5. The van der Waals surface area contributed by atoms with E-state index >= 15 is 0 Å². The summed E-state index contributed by atoms with van der Waals surface area (Å²) >= 11 is 0. The molecule has 0 amide bonds. The number of nitrogens with zero attached hydrogens (tertiary/aromatic N) is 1. The van der Waals surface area contributed by atoms with Gasteiger partial charge in [-0.2, -0.15) is 0 Å². The molecule has 2 aromatic carbocycles. The summed E-state index contributed by atoms with van der Waals surface area (Å²) in [7, 11) is 1.90. The molecule has 1 N–H and O–H groups in total. The number of ketones is 2. The molecule has 0 spiro atoms. The van der Waals surface area contributed by atoms with Crippen LogP contribution >= 0.6 is 0 Å². The van der Waals surface area contributed by atoms with Crippen molar-refractivity contribution in [2.75, 3.05) is 25.1 Å². The number of aliphatic hydroxyl groups is 1. The van der Waals surface area contributed by atoms with Crippen molar-refractivity contribution in [2.24, 2.45) is 0 Å². The number of benzene rings is 2. The Morgan fingerprint density at radius 1 is 1.20 bits per heavy atom. The fourth-order valence-corrected chi connectivity index (χ4v) is 2.97. The average molecular weight is 339 g/mol. The zero-order valence-corrected chi connectivity index (χ0v) is 14.1. The molecule has 0 bridgehead atoms. The second-order valence-corrected chi connectivity index (χ2v) is 6.20. The van der Waals surface area contributed by atoms with E-state index in [9.17, 15) is 9.59 Å². The van der Waals surface area contributed by atoms with Crippen LogP contribution in [0.4, 0.5) is 5.69 Å². The van der Waals surface area contributed by atoms with Gasteiger partial charge in [0.05, 0.1) is 12.2 Å². The van der Waals surface area contributed by atoms with Gasteiger partial charge in [-0.3, -0.25) is 9.59 Å². The zero-order chi connectivity index (χ0) is 17.8. The molecule has 25 heavy (non-hydrogen) atoms. The Kier molecular flexibility index (Phi) is 5.14. The van der Waals surface area contributed by atoms with Crippen molar-refractivity contribution < 1.29 is 19.4 Å². The van der Waals surface area contributed by atoms with E-state index in [1.165, 1.54) is 0 Å². The van der Waals surface area contributed by atoms with Crippen LogP contribution in [0.2, 0.25) is 0 Å². The summed E-state index contributed by atoms with van der Waals surface area (Å²) < 4.78 is 5.86. The van der Waals surface area contributed by atoms with Crippen molar-refractivity contribution in [3.8, 4) is 5.75 Å². The van der Waals surface area contributed by atoms with Crippen molar-refractivity contribution in [1.82, 2.24) is 0 Å². The van der Waals surface area contributed by atoms with Crippen LogP contribution in [-0.2, 0) is 11.2 Å². The number of aryl methyl sites for hydroxylation is 1. The quantitative estimate of drug-likeness (QED) is 0.818. The first kappa shape index (κ1) is 17.2. The topological polar surface area (TPSA) is 66.8 Å². The standard InChI is InChI=1S/C20H21NO4/c1-21-12-20(17(23)10-7-14-5-3-2-4-6-14)25-19-11-15(18(24)13-22)8-9-16(19)21/h2-6,8-9,11,20,22H,7,10,12-13H2,1H3. The van der Waals surface area contributed by atoms with Crippen LogP contribution in [0.5, 0.6) is 5.75 Å². The summed E-state index contributed by atoms with van der Waals surface area (Å²) in [6.07, 6.45) is 0.535. The molecule has 3 rings (SSSR count). The van der Waals surface area contributed by atoms with Gasteiger partial charge in [-0.1, -0.05) is 30.3 Å². The fourth-order valence-electron chi connectivity index (χ4n) is 2.97. The first-order chi connectivity index (χ1) is 12.1. The second-order valence-electron chi connectivity index (χ2n) is 6.20. The van der Waals surface area contributed by atoms with Gasteiger partial charge in [-0.15, -0.1) is 0 Å². The largest absolute Gasteiger partial charge is 0.479 e. The van der Waals surface area contributed by atoms with E-state index in [2.05, 4.69) is 0 Å².